The van der Waals surface area contributed by atoms with Gasteiger partial charge in [-0.1, -0.05) is 0 Å². The number of fused-ring (bicyclic) bond motifs is 3. The number of hydrogen-bond donors (Lipinski definition) is 0. The van der Waals surface area contributed by atoms with E-state index in [0.717, 1.165) is 81.3 Å². The summed E-state index contributed by atoms with van der Waals surface area (Å²) < 4.78 is 13.7. The molecule has 6 aromatic rings. The third kappa shape index (κ3) is 7.55. The molecule has 252 valence electrons. The first-order valence-electron chi connectivity index (χ1n) is 17.4. The molecule has 0 saturated heterocycles. The van der Waals surface area contributed by atoms with Crippen LogP contribution in [-0.2, 0) is 0 Å². The van der Waals surface area contributed by atoms with Crippen molar-refractivity contribution in [3.8, 4) is 56.0 Å². The second kappa shape index (κ2) is 14.9. The Kier molecular flexibility index (Phi) is 9.81. The van der Waals surface area contributed by atoms with Gasteiger partial charge in [-0.25, -0.2) is 0 Å². The van der Waals surface area contributed by atoms with Crippen molar-refractivity contribution in [2.45, 2.75) is 37.8 Å². The molecular weight excluding hydrogens is 732 g/mol. The molecule has 0 unspecified atom stereocenters. The van der Waals surface area contributed by atoms with Crippen LogP contribution in [0.1, 0.15) is 36.8 Å². The number of rotatable bonds is 4. The van der Waals surface area contributed by atoms with Crippen molar-refractivity contribution in [1.29, 1.82) is 0 Å². The van der Waals surface area contributed by atoms with Gasteiger partial charge in [-0.15, -0.1) is 0 Å². The maximum absolute atomic E-state index is 7.34. The fourth-order valence-electron chi connectivity index (χ4n) is 7.03. The van der Waals surface area contributed by atoms with Gasteiger partial charge in [0, 0.05) is 0 Å². The minimum absolute atomic E-state index is 0.0118. The van der Waals surface area contributed by atoms with Crippen LogP contribution in [0.4, 0.5) is 0 Å². The van der Waals surface area contributed by atoms with Gasteiger partial charge in [-0.3, -0.25) is 0 Å². The van der Waals surface area contributed by atoms with E-state index in [1.165, 1.54) is 0 Å². The van der Waals surface area contributed by atoms with Gasteiger partial charge in [-0.05, 0) is 0 Å². The number of hydrogen-bond acceptors (Lipinski definition) is 4. The SMILES string of the molecule is [Cl][Ge]1([Cl])[O]c2c(cc(-c3ccccc3)cc2-c2ccccc2)C=N[C@@H]2CCCC[C@H]2N=Cc2cc(-c3ccccc3)cc(-c3ccccc3)c2[O]1. The van der Waals surface area contributed by atoms with Gasteiger partial charge < -0.3 is 0 Å². The van der Waals surface area contributed by atoms with Crippen LogP contribution >= 0.6 is 20.0 Å². The van der Waals surface area contributed by atoms with Crippen LogP contribution in [0.25, 0.3) is 44.5 Å². The predicted octanol–water partition coefficient (Wildman–Crippen LogP) is 11.9. The number of nitrogens with zero attached hydrogens (tertiary/aromatic N) is 2. The summed E-state index contributed by atoms with van der Waals surface area (Å²) in [5.41, 5.74) is 9.55. The summed E-state index contributed by atoms with van der Waals surface area (Å²) >= 11 is -4.68. The van der Waals surface area contributed by atoms with Crippen molar-refractivity contribution in [2.75, 3.05) is 0 Å². The quantitative estimate of drug-likeness (QED) is 0.168. The molecule has 1 aliphatic heterocycles. The first-order valence-corrected chi connectivity index (χ1v) is 24.6. The van der Waals surface area contributed by atoms with Crippen molar-refractivity contribution in [3.63, 3.8) is 0 Å². The van der Waals surface area contributed by atoms with Crippen molar-refractivity contribution < 1.29 is 7.53 Å². The van der Waals surface area contributed by atoms with Gasteiger partial charge in [0.25, 0.3) is 0 Å². The topological polar surface area (TPSA) is 43.2 Å². The van der Waals surface area contributed by atoms with Crippen LogP contribution < -0.4 is 7.53 Å². The van der Waals surface area contributed by atoms with Gasteiger partial charge in [0.1, 0.15) is 0 Å². The Bertz CT molecular complexity index is 2040. The summed E-state index contributed by atoms with van der Waals surface area (Å²) in [4.78, 5) is 10.5. The molecular formula is C44H36Cl2GeN2O2. The van der Waals surface area contributed by atoms with E-state index in [4.69, 9.17) is 37.5 Å². The molecule has 1 fully saturated rings. The molecule has 8 rings (SSSR count). The monoisotopic (exact) mass is 768 g/mol. The molecule has 1 aliphatic carbocycles. The molecule has 1 heterocycles. The van der Waals surface area contributed by atoms with Crippen molar-refractivity contribution >= 4 is 44.5 Å². The van der Waals surface area contributed by atoms with Gasteiger partial charge in [0.05, 0.1) is 0 Å². The minimum atomic E-state index is -4.68. The normalized spacial score (nSPS) is 18.0. The third-order valence-electron chi connectivity index (χ3n) is 9.57. The summed E-state index contributed by atoms with van der Waals surface area (Å²) in [5.74, 6) is 1.12. The van der Waals surface area contributed by atoms with Crippen LogP contribution in [-0.4, -0.2) is 36.6 Å². The van der Waals surface area contributed by atoms with E-state index in [0.29, 0.717) is 11.5 Å². The van der Waals surface area contributed by atoms with Crippen molar-refractivity contribution in [1.82, 2.24) is 0 Å². The Balaban J connectivity index is 1.36. The van der Waals surface area contributed by atoms with E-state index in [1.807, 2.05) is 85.2 Å². The molecule has 0 bridgehead atoms. The molecule has 6 aromatic carbocycles. The van der Waals surface area contributed by atoms with Crippen molar-refractivity contribution in [2.24, 2.45) is 9.98 Å². The van der Waals surface area contributed by atoms with Crippen LogP contribution in [0, 0.1) is 0 Å². The van der Waals surface area contributed by atoms with Gasteiger partial charge in [0.2, 0.25) is 0 Å². The Morgan fingerprint density at radius 1 is 0.451 bits per heavy atom. The fraction of sp³-hybridized carbons (Fsp3) is 0.136. The average molecular weight is 768 g/mol. The van der Waals surface area contributed by atoms with E-state index in [2.05, 4.69) is 72.8 Å². The molecule has 1 saturated carbocycles. The number of aliphatic imine (C=N–C) groups is 2. The Labute approximate surface area is 310 Å². The van der Waals surface area contributed by atoms with E-state index < -0.39 is 12.1 Å². The molecule has 0 radical (unpaired) electrons. The van der Waals surface area contributed by atoms with Crippen LogP contribution in [0.2, 0.25) is 0 Å². The van der Waals surface area contributed by atoms with Crippen molar-refractivity contribution in [3.05, 3.63) is 157 Å². The zero-order valence-electron chi connectivity index (χ0n) is 28.0. The maximum atomic E-state index is 7.34. The van der Waals surface area contributed by atoms with Gasteiger partial charge in [0.15, 0.2) is 0 Å². The molecule has 0 spiro atoms. The van der Waals surface area contributed by atoms with Crippen LogP contribution in [0.15, 0.2) is 156 Å². The van der Waals surface area contributed by atoms with E-state index in [-0.39, 0.29) is 12.1 Å². The molecule has 0 aromatic heterocycles. The predicted molar refractivity (Wildman–Crippen MR) is 215 cm³/mol. The first kappa shape index (κ1) is 33.5. The van der Waals surface area contributed by atoms with E-state index >= 15 is 0 Å². The van der Waals surface area contributed by atoms with Gasteiger partial charge in [-0.2, -0.15) is 0 Å². The molecule has 4 nitrogen and oxygen atoms in total. The average Bonchev–Trinajstić information content (AvgIpc) is 3.19. The Morgan fingerprint density at radius 3 is 1.18 bits per heavy atom. The summed E-state index contributed by atoms with van der Waals surface area (Å²) in [7, 11) is 14.7. The standard InChI is InChI=1S/C44H36Cl2GeN2O2/c45-47(46)50-43-37(25-35(31-15-5-1-6-16-31)27-39(43)33-19-9-3-10-20-33)29-48-41-23-13-14-24-42(41)49-30-38-26-36(32-17-7-2-8-18-32)28-40(44(38)51-47)34-21-11-4-12-22-34/h1-12,15-22,25-30,41-42H,13-14,23-24H2/t41-,42-/m1/s1. The molecule has 2 atom stereocenters. The summed E-state index contributed by atoms with van der Waals surface area (Å²) in [6.45, 7) is 0. The summed E-state index contributed by atoms with van der Waals surface area (Å²) in [6.07, 6.45) is 7.99. The van der Waals surface area contributed by atoms with E-state index in [1.54, 1.807) is 0 Å². The molecule has 2 aliphatic rings. The van der Waals surface area contributed by atoms with Crippen LogP contribution in [0.3, 0.4) is 0 Å². The molecule has 51 heavy (non-hydrogen) atoms. The van der Waals surface area contributed by atoms with Gasteiger partial charge >= 0.3 is 313 Å². The third-order valence-corrected chi connectivity index (χ3v) is 13.0. The number of benzene rings is 6. The molecule has 7 heteroatoms. The fourth-order valence-corrected chi connectivity index (χ4v) is 10.7. The number of halogens is 2. The first-order chi connectivity index (χ1) is 25.0. The summed E-state index contributed by atoms with van der Waals surface area (Å²) in [5, 5.41) is 0. The zero-order valence-corrected chi connectivity index (χ0v) is 31.6. The Hall–Kier alpha value is -4.62. The second-order valence-corrected chi connectivity index (χ2v) is 22.0. The Morgan fingerprint density at radius 2 is 0.804 bits per heavy atom. The zero-order chi connectivity index (χ0) is 34.6. The summed E-state index contributed by atoms with van der Waals surface area (Å²) in [6, 6.07) is 49.6. The second-order valence-electron chi connectivity index (χ2n) is 13.0. The molecule has 0 N–H and O–H groups in total. The van der Waals surface area contributed by atoms with E-state index in [9.17, 15) is 0 Å². The van der Waals surface area contributed by atoms with Crippen LogP contribution in [0.5, 0.6) is 11.5 Å². The molecule has 0 amide bonds.